The number of benzene rings is 1. The summed E-state index contributed by atoms with van der Waals surface area (Å²) in [4.78, 5) is 10.4. The zero-order chi connectivity index (χ0) is 14.7. The minimum absolute atomic E-state index is 0.573. The molecule has 3 rings (SSSR count). The predicted octanol–water partition coefficient (Wildman–Crippen LogP) is 2.61. The van der Waals surface area contributed by atoms with Crippen LogP contribution in [0.25, 0.3) is 11.3 Å². The fraction of sp³-hybridized carbons (Fsp3) is 0.471. The predicted molar refractivity (Wildman–Crippen MR) is 86.3 cm³/mol. The molecule has 0 spiro atoms. The first-order valence-electron chi connectivity index (χ1n) is 7.79. The van der Waals surface area contributed by atoms with Crippen LogP contribution in [0.15, 0.2) is 30.5 Å². The summed E-state index contributed by atoms with van der Waals surface area (Å²) in [5.41, 5.74) is 3.69. The Morgan fingerprint density at radius 2 is 1.86 bits per heavy atom. The third kappa shape index (κ3) is 3.52. The second kappa shape index (κ2) is 6.41. The van der Waals surface area contributed by atoms with Crippen LogP contribution in [0.2, 0.25) is 0 Å². The van der Waals surface area contributed by atoms with Crippen molar-refractivity contribution in [1.82, 2.24) is 20.2 Å². The molecule has 1 fully saturated rings. The highest BCUT2D eigenvalue weighted by Crippen LogP contribution is 2.21. The summed E-state index contributed by atoms with van der Waals surface area (Å²) in [7, 11) is 0. The molecule has 0 bridgehead atoms. The Hall–Kier alpha value is -1.65. The van der Waals surface area contributed by atoms with E-state index in [4.69, 9.17) is 0 Å². The van der Waals surface area contributed by atoms with E-state index in [0.717, 1.165) is 44.2 Å². The smallest absolute Gasteiger partial charge is 0.120 e. The van der Waals surface area contributed by atoms with Gasteiger partial charge in [-0.15, -0.1) is 0 Å². The first kappa shape index (κ1) is 14.3. The lowest BCUT2D eigenvalue weighted by molar-refractivity contribution is 0.228. The lowest BCUT2D eigenvalue weighted by atomic mass is 10.0. The maximum absolute atomic E-state index is 4.53. The molecule has 2 aromatic rings. The number of aromatic nitrogens is 2. The summed E-state index contributed by atoms with van der Waals surface area (Å²) in [6, 6.07) is 8.77. The molecule has 21 heavy (non-hydrogen) atoms. The Labute approximate surface area is 126 Å². The molecule has 2 N–H and O–H groups in total. The van der Waals surface area contributed by atoms with E-state index in [-0.39, 0.29) is 0 Å². The molecule has 112 valence electrons. The largest absolute Gasteiger partial charge is 0.341 e. The van der Waals surface area contributed by atoms with E-state index in [9.17, 15) is 0 Å². The van der Waals surface area contributed by atoms with Crippen LogP contribution in [-0.4, -0.2) is 41.0 Å². The van der Waals surface area contributed by atoms with E-state index in [1.165, 1.54) is 11.1 Å². The van der Waals surface area contributed by atoms with E-state index in [2.05, 4.69) is 58.3 Å². The molecule has 0 unspecified atom stereocenters. The summed E-state index contributed by atoms with van der Waals surface area (Å²) in [5.74, 6) is 1.63. The van der Waals surface area contributed by atoms with Crippen LogP contribution >= 0.6 is 0 Å². The van der Waals surface area contributed by atoms with Crippen molar-refractivity contribution in [2.45, 2.75) is 26.3 Å². The molecule has 1 aliphatic rings. The molecule has 2 heterocycles. The van der Waals surface area contributed by atoms with Crippen LogP contribution in [0.1, 0.15) is 31.2 Å². The van der Waals surface area contributed by atoms with Gasteiger partial charge in [0.05, 0.1) is 18.4 Å². The van der Waals surface area contributed by atoms with Crippen molar-refractivity contribution in [3.63, 3.8) is 0 Å². The van der Waals surface area contributed by atoms with Gasteiger partial charge in [0.15, 0.2) is 0 Å². The Morgan fingerprint density at radius 3 is 2.52 bits per heavy atom. The monoisotopic (exact) mass is 284 g/mol. The standard InChI is InChI=1S/C17H24N4/c1-13(2)14-3-5-15(6-4-14)16-11-19-17(20-16)12-21-9-7-18-8-10-21/h3-6,11,13,18H,7-10,12H2,1-2H3,(H,19,20). The minimum Gasteiger partial charge on any atom is -0.341 e. The Kier molecular flexibility index (Phi) is 4.36. The van der Waals surface area contributed by atoms with Crippen molar-refractivity contribution in [1.29, 1.82) is 0 Å². The Bertz CT molecular complexity index is 565. The van der Waals surface area contributed by atoms with Gasteiger partial charge >= 0.3 is 0 Å². The number of aromatic amines is 1. The fourth-order valence-corrected chi connectivity index (χ4v) is 2.72. The molecule has 0 radical (unpaired) electrons. The number of H-pyrrole nitrogens is 1. The van der Waals surface area contributed by atoms with Crippen molar-refractivity contribution in [3.8, 4) is 11.3 Å². The second-order valence-electron chi connectivity index (χ2n) is 6.05. The zero-order valence-corrected chi connectivity index (χ0v) is 12.9. The highest BCUT2D eigenvalue weighted by molar-refractivity contribution is 5.58. The quantitative estimate of drug-likeness (QED) is 0.907. The maximum Gasteiger partial charge on any atom is 0.120 e. The number of rotatable bonds is 4. The molecular formula is C17H24N4. The summed E-state index contributed by atoms with van der Waals surface area (Å²) >= 11 is 0. The molecule has 1 aromatic heterocycles. The van der Waals surface area contributed by atoms with E-state index in [0.29, 0.717) is 5.92 Å². The van der Waals surface area contributed by atoms with Gasteiger partial charge in [0, 0.05) is 26.2 Å². The third-order valence-corrected chi connectivity index (χ3v) is 4.10. The van der Waals surface area contributed by atoms with E-state index >= 15 is 0 Å². The van der Waals surface area contributed by atoms with E-state index in [1.807, 2.05) is 6.20 Å². The van der Waals surface area contributed by atoms with E-state index in [1.54, 1.807) is 0 Å². The average Bonchev–Trinajstić information content (AvgIpc) is 2.97. The summed E-state index contributed by atoms with van der Waals surface area (Å²) in [6.45, 7) is 9.69. The van der Waals surface area contributed by atoms with Crippen molar-refractivity contribution < 1.29 is 0 Å². The van der Waals surface area contributed by atoms with Gasteiger partial charge in [-0.25, -0.2) is 4.98 Å². The van der Waals surface area contributed by atoms with Crippen LogP contribution in [0.3, 0.4) is 0 Å². The zero-order valence-electron chi connectivity index (χ0n) is 12.9. The van der Waals surface area contributed by atoms with Gasteiger partial charge in [0.1, 0.15) is 5.82 Å². The lowest BCUT2D eigenvalue weighted by Crippen LogP contribution is -2.43. The van der Waals surface area contributed by atoms with Gasteiger partial charge in [-0.1, -0.05) is 38.1 Å². The number of nitrogens with one attached hydrogen (secondary N) is 2. The summed E-state index contributed by atoms with van der Waals surface area (Å²) in [6.07, 6.45) is 1.95. The van der Waals surface area contributed by atoms with Gasteiger partial charge in [-0.05, 0) is 17.0 Å². The molecule has 4 nitrogen and oxygen atoms in total. The highest BCUT2D eigenvalue weighted by atomic mass is 15.2. The molecule has 1 aliphatic heterocycles. The molecule has 1 saturated heterocycles. The molecule has 0 atom stereocenters. The number of hydrogen-bond acceptors (Lipinski definition) is 3. The van der Waals surface area contributed by atoms with Gasteiger partial charge in [0.2, 0.25) is 0 Å². The van der Waals surface area contributed by atoms with Gasteiger partial charge < -0.3 is 10.3 Å². The molecule has 4 heteroatoms. The van der Waals surface area contributed by atoms with Crippen LogP contribution in [-0.2, 0) is 6.54 Å². The minimum atomic E-state index is 0.573. The van der Waals surface area contributed by atoms with Crippen LogP contribution in [0, 0.1) is 0 Å². The summed E-state index contributed by atoms with van der Waals surface area (Å²) < 4.78 is 0. The fourth-order valence-electron chi connectivity index (χ4n) is 2.72. The summed E-state index contributed by atoms with van der Waals surface area (Å²) in [5, 5.41) is 3.37. The topological polar surface area (TPSA) is 44.0 Å². The number of piperazine rings is 1. The van der Waals surface area contributed by atoms with Crippen LogP contribution in [0.5, 0.6) is 0 Å². The highest BCUT2D eigenvalue weighted by Gasteiger charge is 2.12. The van der Waals surface area contributed by atoms with Crippen molar-refractivity contribution in [3.05, 3.63) is 41.9 Å². The van der Waals surface area contributed by atoms with Crippen molar-refractivity contribution in [2.24, 2.45) is 0 Å². The van der Waals surface area contributed by atoms with E-state index < -0.39 is 0 Å². The first-order chi connectivity index (χ1) is 10.2. The molecule has 1 aromatic carbocycles. The van der Waals surface area contributed by atoms with Gasteiger partial charge in [0.25, 0.3) is 0 Å². The average molecular weight is 284 g/mol. The number of nitrogens with zero attached hydrogens (tertiary/aromatic N) is 2. The Morgan fingerprint density at radius 1 is 1.14 bits per heavy atom. The van der Waals surface area contributed by atoms with Gasteiger partial charge in [-0.2, -0.15) is 0 Å². The Balaban J connectivity index is 1.69. The van der Waals surface area contributed by atoms with Crippen molar-refractivity contribution in [2.75, 3.05) is 26.2 Å². The van der Waals surface area contributed by atoms with Crippen LogP contribution in [0.4, 0.5) is 0 Å². The van der Waals surface area contributed by atoms with Crippen LogP contribution < -0.4 is 5.32 Å². The first-order valence-corrected chi connectivity index (χ1v) is 7.79. The number of hydrogen-bond donors (Lipinski definition) is 2. The van der Waals surface area contributed by atoms with Crippen molar-refractivity contribution >= 4 is 0 Å². The number of imidazole rings is 1. The molecule has 0 aliphatic carbocycles. The second-order valence-corrected chi connectivity index (χ2v) is 6.05. The molecule has 0 saturated carbocycles. The lowest BCUT2D eigenvalue weighted by Gasteiger charge is -2.26. The normalized spacial score (nSPS) is 16.5. The SMILES string of the molecule is CC(C)c1ccc(-c2cnc(CN3CCNCC3)[nH]2)cc1. The molecule has 0 amide bonds. The third-order valence-electron chi connectivity index (χ3n) is 4.10. The maximum atomic E-state index is 4.53. The molecular weight excluding hydrogens is 260 g/mol. The van der Waals surface area contributed by atoms with Gasteiger partial charge in [-0.3, -0.25) is 4.90 Å².